The van der Waals surface area contributed by atoms with Crippen LogP contribution < -0.4 is 4.72 Å². The molecule has 1 N–H and O–H groups in total. The minimum Gasteiger partial charge on any atom is -0.339 e. The van der Waals surface area contributed by atoms with Crippen LogP contribution in [0.2, 0.25) is 5.02 Å². The molecule has 8 nitrogen and oxygen atoms in total. The van der Waals surface area contributed by atoms with Crippen LogP contribution in [0.25, 0.3) is 11.0 Å². The molecule has 49 heavy (non-hydrogen) atoms. The summed E-state index contributed by atoms with van der Waals surface area (Å²) in [5.74, 6) is 0.640. The molecule has 8 rings (SSSR count). The van der Waals surface area contributed by atoms with Crippen molar-refractivity contribution in [3.8, 4) is 0 Å². The van der Waals surface area contributed by atoms with Crippen LogP contribution in [0.1, 0.15) is 79.2 Å². The number of halogens is 2. The highest BCUT2D eigenvalue weighted by Crippen LogP contribution is 2.67. The number of imidazole rings is 1. The number of carbonyl (C=O) groups excluding carboxylic acids is 1. The molecule has 4 aromatic rings. The lowest BCUT2D eigenvalue weighted by molar-refractivity contribution is -0.188. The maximum absolute atomic E-state index is 14.6. The fourth-order valence-corrected chi connectivity index (χ4v) is 10.8. The molecule has 2 aliphatic heterocycles. The van der Waals surface area contributed by atoms with E-state index in [0.717, 1.165) is 49.0 Å². The number of sulfonamides is 1. The van der Waals surface area contributed by atoms with Gasteiger partial charge in [0.05, 0.1) is 27.9 Å². The van der Waals surface area contributed by atoms with Gasteiger partial charge in [-0.3, -0.25) is 14.4 Å². The molecule has 1 spiro atoms. The summed E-state index contributed by atoms with van der Waals surface area (Å²) in [5.41, 5.74) is 4.08. The van der Waals surface area contributed by atoms with Crippen molar-refractivity contribution in [1.82, 2.24) is 19.4 Å². The number of para-hydroxylation sites is 2. The second-order valence-corrected chi connectivity index (χ2v) is 17.1. The van der Waals surface area contributed by atoms with Crippen LogP contribution in [0.5, 0.6) is 0 Å². The lowest BCUT2D eigenvalue weighted by atomic mass is 9.53. The Hall–Kier alpha value is -3.47. The number of benzene rings is 3. The number of anilines is 1. The summed E-state index contributed by atoms with van der Waals surface area (Å²) in [4.78, 5) is 23.1. The molecule has 1 amide bonds. The SMILES string of the molecule is Cc1nc2ccccc2n1C1CC2N(CCCC3(c4cccc(F)c4)CCN(C(=O)c4cc(NS(C)(=O)=O)ccc4Cl)CC3)C3CCC32C1. The van der Waals surface area contributed by atoms with Gasteiger partial charge >= 0.3 is 0 Å². The van der Waals surface area contributed by atoms with Crippen molar-refractivity contribution in [2.24, 2.45) is 5.41 Å². The summed E-state index contributed by atoms with van der Waals surface area (Å²) in [5, 5.41) is 0.276. The van der Waals surface area contributed by atoms with E-state index in [9.17, 15) is 17.6 Å². The monoisotopic (exact) mass is 703 g/mol. The third-order valence-corrected chi connectivity index (χ3v) is 13.2. The lowest BCUT2D eigenvalue weighted by Crippen LogP contribution is -2.74. The smallest absolute Gasteiger partial charge is 0.255 e. The number of amides is 1. The Kier molecular flexibility index (Phi) is 8.07. The number of nitrogens with zero attached hydrogens (tertiary/aromatic N) is 4. The van der Waals surface area contributed by atoms with E-state index in [0.29, 0.717) is 55.2 Å². The number of hydrogen-bond donors (Lipinski definition) is 1. The van der Waals surface area contributed by atoms with Gasteiger partial charge in [0.1, 0.15) is 11.6 Å². The quantitative estimate of drug-likeness (QED) is 0.197. The van der Waals surface area contributed by atoms with Crippen molar-refractivity contribution in [3.05, 3.63) is 94.5 Å². The summed E-state index contributed by atoms with van der Waals surface area (Å²) in [7, 11) is -3.51. The van der Waals surface area contributed by atoms with Crippen LogP contribution in [-0.2, 0) is 15.4 Å². The summed E-state index contributed by atoms with van der Waals surface area (Å²) in [6, 6.07) is 21.8. The van der Waals surface area contributed by atoms with Gasteiger partial charge in [0.25, 0.3) is 5.91 Å². The number of piperidine rings is 2. The molecular weight excluding hydrogens is 661 g/mol. The van der Waals surface area contributed by atoms with E-state index in [1.165, 1.54) is 36.9 Å². The number of aromatic nitrogens is 2. The second-order valence-electron chi connectivity index (χ2n) is 14.9. The number of nitrogens with one attached hydrogen (secondary N) is 1. The zero-order valence-corrected chi connectivity index (χ0v) is 29.6. The Morgan fingerprint density at radius 2 is 1.84 bits per heavy atom. The van der Waals surface area contributed by atoms with Gasteiger partial charge < -0.3 is 9.47 Å². The number of rotatable bonds is 9. The molecule has 4 atom stereocenters. The van der Waals surface area contributed by atoms with Crippen LogP contribution in [0.3, 0.4) is 0 Å². The fraction of sp³-hybridized carbons (Fsp3) is 0.474. The minimum absolute atomic E-state index is 0.228. The van der Waals surface area contributed by atoms with Crippen molar-refractivity contribution < 1.29 is 17.6 Å². The highest BCUT2D eigenvalue weighted by molar-refractivity contribution is 7.92. The van der Waals surface area contributed by atoms with Gasteiger partial charge in [-0.2, -0.15) is 0 Å². The molecule has 258 valence electrons. The van der Waals surface area contributed by atoms with E-state index < -0.39 is 10.0 Å². The van der Waals surface area contributed by atoms with E-state index in [-0.39, 0.29) is 27.7 Å². The molecule has 2 saturated carbocycles. The first-order valence-electron chi connectivity index (χ1n) is 17.5. The first kappa shape index (κ1) is 32.7. The molecule has 11 heteroatoms. The molecule has 2 saturated heterocycles. The molecule has 4 unspecified atom stereocenters. The average molecular weight is 704 g/mol. The van der Waals surface area contributed by atoms with Crippen molar-refractivity contribution in [1.29, 1.82) is 0 Å². The van der Waals surface area contributed by atoms with Crippen LogP contribution in [0.4, 0.5) is 10.1 Å². The van der Waals surface area contributed by atoms with Crippen molar-refractivity contribution in [2.75, 3.05) is 30.6 Å². The average Bonchev–Trinajstić information content (AvgIpc) is 3.61. The van der Waals surface area contributed by atoms with Gasteiger partial charge in [-0.1, -0.05) is 35.9 Å². The zero-order chi connectivity index (χ0) is 34.1. The van der Waals surface area contributed by atoms with Gasteiger partial charge in [0.15, 0.2) is 0 Å². The summed E-state index contributed by atoms with van der Waals surface area (Å²) in [6.07, 6.45) is 9.40. The number of fused-ring (bicyclic) bond motifs is 1. The van der Waals surface area contributed by atoms with Crippen LogP contribution in [-0.4, -0.2) is 71.6 Å². The summed E-state index contributed by atoms with van der Waals surface area (Å²) >= 11 is 6.43. The van der Waals surface area contributed by atoms with Crippen LogP contribution in [0.15, 0.2) is 66.7 Å². The van der Waals surface area contributed by atoms with E-state index in [1.807, 2.05) is 6.07 Å². The zero-order valence-electron chi connectivity index (χ0n) is 28.0. The van der Waals surface area contributed by atoms with E-state index in [1.54, 1.807) is 29.2 Å². The lowest BCUT2D eigenvalue weighted by Gasteiger charge is -2.68. The predicted octanol–water partition coefficient (Wildman–Crippen LogP) is 7.33. The standard InChI is InChI=1S/C38H43ClFN5O3S/c1-25-41-32-9-3-4-10-33(32)45(25)29-23-35-38(24-29)15-13-34(38)44(35)18-6-14-37(26-7-5-8-27(40)21-26)16-19-43(20-17-37)36(46)30-22-28(11-12-31(30)39)42-49(2,47)48/h3-5,7-12,21-22,29,34-35,42H,6,13-20,23-24H2,1-2H3. The van der Waals surface area contributed by atoms with Gasteiger partial charge in [-0.15, -0.1) is 0 Å². The summed E-state index contributed by atoms with van der Waals surface area (Å²) < 4.78 is 43.1. The Bertz CT molecular complexity index is 2040. The molecule has 0 radical (unpaired) electrons. The molecule has 4 aliphatic rings. The van der Waals surface area contributed by atoms with Gasteiger partial charge in [-0.05, 0) is 118 Å². The van der Waals surface area contributed by atoms with Gasteiger partial charge in [-0.25, -0.2) is 17.8 Å². The fourth-order valence-electron chi connectivity index (χ4n) is 10.0. The Balaban J connectivity index is 0.959. The normalized spacial score (nSPS) is 26.1. The van der Waals surface area contributed by atoms with Crippen LogP contribution >= 0.6 is 11.6 Å². The predicted molar refractivity (Wildman–Crippen MR) is 191 cm³/mol. The highest BCUT2D eigenvalue weighted by Gasteiger charge is 2.69. The van der Waals surface area contributed by atoms with Crippen molar-refractivity contribution >= 4 is 44.3 Å². The molecule has 3 aromatic carbocycles. The minimum atomic E-state index is -3.51. The summed E-state index contributed by atoms with van der Waals surface area (Å²) in [6.45, 7) is 4.18. The van der Waals surface area contributed by atoms with Gasteiger partial charge in [0.2, 0.25) is 10.0 Å². The van der Waals surface area contributed by atoms with E-state index in [2.05, 4.69) is 45.4 Å². The third-order valence-electron chi connectivity index (χ3n) is 12.3. The molecule has 2 aliphatic carbocycles. The Morgan fingerprint density at radius 1 is 1.04 bits per heavy atom. The Labute approximate surface area is 292 Å². The maximum Gasteiger partial charge on any atom is 0.255 e. The molecule has 0 bridgehead atoms. The number of aryl methyl sites for hydroxylation is 1. The molecule has 3 heterocycles. The molecule has 4 fully saturated rings. The first-order chi connectivity index (χ1) is 23.5. The highest BCUT2D eigenvalue weighted by atomic mass is 35.5. The van der Waals surface area contributed by atoms with E-state index in [4.69, 9.17) is 16.6 Å². The number of carbonyl (C=O) groups is 1. The first-order valence-corrected chi connectivity index (χ1v) is 19.8. The van der Waals surface area contributed by atoms with E-state index >= 15 is 0 Å². The van der Waals surface area contributed by atoms with Gasteiger partial charge in [0, 0.05) is 42.3 Å². The number of likely N-dealkylation sites (tertiary alicyclic amines) is 2. The molecular formula is C38H43ClFN5O3S. The largest absolute Gasteiger partial charge is 0.339 e. The number of hydrogen-bond acceptors (Lipinski definition) is 5. The topological polar surface area (TPSA) is 87.5 Å². The van der Waals surface area contributed by atoms with Crippen molar-refractivity contribution in [3.63, 3.8) is 0 Å². The Morgan fingerprint density at radius 3 is 2.57 bits per heavy atom. The third kappa shape index (κ3) is 5.64. The molecule has 1 aromatic heterocycles. The van der Waals surface area contributed by atoms with Crippen molar-refractivity contribution in [2.45, 2.75) is 81.8 Å². The maximum atomic E-state index is 14.6. The van der Waals surface area contributed by atoms with Crippen LogP contribution in [0, 0.1) is 18.2 Å². The second kappa shape index (κ2) is 12.1.